The Balaban J connectivity index is 0.000000328. The molecule has 2 aromatic rings. The number of hydrogen-bond donors (Lipinski definition) is 1. The summed E-state index contributed by atoms with van der Waals surface area (Å²) in [6.45, 7) is 0. The summed E-state index contributed by atoms with van der Waals surface area (Å²) in [6.07, 6.45) is 11.8. The first kappa shape index (κ1) is 15.6. The summed E-state index contributed by atoms with van der Waals surface area (Å²) in [5, 5.41) is 12.1. The third kappa shape index (κ3) is 3.44. The standard InChI is InChI=1S/C10H9ClN4O.C2HIS/c11-9-8-10(13-4-12-9)15(5-14-8)6-1-2-7(16)3-6;1-2-4-3/h1-2,4-7,16H,3H2;1H. The van der Waals surface area contributed by atoms with Crippen molar-refractivity contribution in [3.8, 4) is 11.7 Å². The van der Waals surface area contributed by atoms with Crippen LogP contribution in [0.15, 0.2) is 24.8 Å². The van der Waals surface area contributed by atoms with Crippen molar-refractivity contribution in [1.29, 1.82) is 0 Å². The molecule has 0 spiro atoms. The zero-order valence-corrected chi connectivity index (χ0v) is 13.9. The molecule has 1 aliphatic rings. The molecule has 0 radical (unpaired) electrons. The third-order valence-electron chi connectivity index (χ3n) is 2.75. The van der Waals surface area contributed by atoms with Gasteiger partial charge in [0.2, 0.25) is 0 Å². The quantitative estimate of drug-likeness (QED) is 0.333. The normalized spacial score (nSPS) is 20.5. The third-order valence-corrected chi connectivity index (χ3v) is 3.88. The fourth-order valence-corrected chi connectivity index (χ4v) is 2.11. The summed E-state index contributed by atoms with van der Waals surface area (Å²) < 4.78 is 1.90. The predicted octanol–water partition coefficient (Wildman–Crippen LogP) is 3.00. The number of aliphatic hydroxyl groups excluding tert-OH is 1. The molecular formula is C12H10ClIN4OS. The van der Waals surface area contributed by atoms with Crippen LogP contribution in [-0.2, 0) is 0 Å². The molecule has 0 aliphatic heterocycles. The van der Waals surface area contributed by atoms with Crippen molar-refractivity contribution in [2.45, 2.75) is 18.6 Å². The van der Waals surface area contributed by atoms with Gasteiger partial charge in [-0.2, -0.15) is 0 Å². The molecule has 2 atom stereocenters. The van der Waals surface area contributed by atoms with Gasteiger partial charge in [0, 0.05) is 27.6 Å². The van der Waals surface area contributed by atoms with Crippen LogP contribution in [0.4, 0.5) is 0 Å². The van der Waals surface area contributed by atoms with Gasteiger partial charge in [0.15, 0.2) is 10.8 Å². The number of rotatable bonds is 1. The van der Waals surface area contributed by atoms with Crippen molar-refractivity contribution in [3.63, 3.8) is 0 Å². The maximum Gasteiger partial charge on any atom is 0.165 e. The monoisotopic (exact) mass is 420 g/mol. The maximum atomic E-state index is 9.45. The smallest absolute Gasteiger partial charge is 0.165 e. The number of fused-ring (bicyclic) bond motifs is 1. The van der Waals surface area contributed by atoms with E-state index in [-0.39, 0.29) is 12.1 Å². The van der Waals surface area contributed by atoms with Crippen LogP contribution in [0, 0.1) is 11.7 Å². The molecule has 104 valence electrons. The number of nitrogens with zero attached hydrogens (tertiary/aromatic N) is 4. The van der Waals surface area contributed by atoms with Crippen LogP contribution < -0.4 is 0 Å². The van der Waals surface area contributed by atoms with Gasteiger partial charge < -0.3 is 9.67 Å². The van der Waals surface area contributed by atoms with E-state index in [1.165, 1.54) is 15.3 Å². The zero-order valence-electron chi connectivity index (χ0n) is 10.1. The van der Waals surface area contributed by atoms with Crippen LogP contribution in [-0.4, -0.2) is 30.7 Å². The summed E-state index contributed by atoms with van der Waals surface area (Å²) in [7, 11) is 1.35. The number of halogens is 2. The van der Waals surface area contributed by atoms with Crippen LogP contribution in [0.25, 0.3) is 11.2 Å². The van der Waals surface area contributed by atoms with Gasteiger partial charge in [-0.05, 0) is 14.2 Å². The van der Waals surface area contributed by atoms with E-state index >= 15 is 0 Å². The molecule has 0 amide bonds. The number of imidazole rings is 1. The van der Waals surface area contributed by atoms with Crippen molar-refractivity contribution in [2.75, 3.05) is 0 Å². The molecular weight excluding hydrogens is 411 g/mol. The van der Waals surface area contributed by atoms with Crippen LogP contribution in [0.3, 0.4) is 0 Å². The van der Waals surface area contributed by atoms with Crippen LogP contribution >= 0.6 is 41.7 Å². The molecule has 5 nitrogen and oxygen atoms in total. The number of aromatic nitrogens is 4. The van der Waals surface area contributed by atoms with Gasteiger partial charge in [-0.3, -0.25) is 0 Å². The highest BCUT2D eigenvalue weighted by atomic mass is 127. The highest BCUT2D eigenvalue weighted by Crippen LogP contribution is 2.27. The lowest BCUT2D eigenvalue weighted by molar-refractivity contribution is 0.211. The Kier molecular flexibility index (Phi) is 5.65. The van der Waals surface area contributed by atoms with E-state index in [4.69, 9.17) is 18.0 Å². The van der Waals surface area contributed by atoms with Crippen LogP contribution in [0.5, 0.6) is 0 Å². The Labute approximate surface area is 137 Å². The van der Waals surface area contributed by atoms with Crippen LogP contribution in [0.1, 0.15) is 12.5 Å². The molecule has 0 saturated carbocycles. The van der Waals surface area contributed by atoms with Crippen molar-refractivity contribution in [2.24, 2.45) is 0 Å². The first-order valence-corrected chi connectivity index (χ1v) is 9.33. The fourth-order valence-electron chi connectivity index (χ4n) is 1.93. The average Bonchev–Trinajstić information content (AvgIpc) is 3.06. The van der Waals surface area contributed by atoms with Crippen LogP contribution in [0.2, 0.25) is 5.15 Å². The van der Waals surface area contributed by atoms with E-state index in [1.807, 2.05) is 31.8 Å². The highest BCUT2D eigenvalue weighted by Gasteiger charge is 2.21. The van der Waals surface area contributed by atoms with Gasteiger partial charge in [-0.15, -0.1) is 6.42 Å². The summed E-state index contributed by atoms with van der Waals surface area (Å²) in [5.74, 6) is 0. The second-order valence-electron chi connectivity index (χ2n) is 3.94. The molecule has 0 aromatic carbocycles. The van der Waals surface area contributed by atoms with E-state index in [0.717, 1.165) is 0 Å². The van der Waals surface area contributed by atoms with E-state index in [1.54, 1.807) is 12.4 Å². The van der Waals surface area contributed by atoms with E-state index < -0.39 is 0 Å². The summed E-state index contributed by atoms with van der Waals surface area (Å²) in [4.78, 5) is 12.2. The Bertz CT molecular complexity index is 669. The first-order valence-electron chi connectivity index (χ1n) is 5.60. The molecule has 2 heterocycles. The van der Waals surface area contributed by atoms with Gasteiger partial charge in [-0.1, -0.05) is 23.8 Å². The molecule has 3 rings (SSSR count). The average molecular weight is 421 g/mol. The lowest BCUT2D eigenvalue weighted by atomic mass is 10.2. The lowest BCUT2D eigenvalue weighted by Crippen LogP contribution is -2.07. The van der Waals surface area contributed by atoms with Gasteiger partial charge in [0.1, 0.15) is 11.8 Å². The Morgan fingerprint density at radius 1 is 1.45 bits per heavy atom. The molecule has 1 aliphatic carbocycles. The van der Waals surface area contributed by atoms with Gasteiger partial charge >= 0.3 is 0 Å². The second kappa shape index (κ2) is 7.26. The number of allylic oxidation sites excluding steroid dienone is 1. The molecule has 0 bridgehead atoms. The first-order chi connectivity index (χ1) is 9.67. The van der Waals surface area contributed by atoms with Crippen molar-refractivity contribution < 1.29 is 5.11 Å². The largest absolute Gasteiger partial charge is 0.389 e. The van der Waals surface area contributed by atoms with E-state index in [0.29, 0.717) is 22.7 Å². The van der Waals surface area contributed by atoms with Crippen molar-refractivity contribution in [3.05, 3.63) is 30.0 Å². The molecule has 1 N–H and O–H groups in total. The van der Waals surface area contributed by atoms with E-state index in [2.05, 4.69) is 20.2 Å². The number of aliphatic hydroxyl groups is 1. The molecule has 2 unspecified atom stereocenters. The SMILES string of the molecule is C#CSI.OC1C=CC(n2cnc3c(Cl)ncnc32)C1. The lowest BCUT2D eigenvalue weighted by Gasteiger charge is -2.10. The number of terminal acetylenes is 1. The highest BCUT2D eigenvalue weighted by molar-refractivity contribution is 14.2. The minimum Gasteiger partial charge on any atom is -0.389 e. The van der Waals surface area contributed by atoms with E-state index in [9.17, 15) is 5.11 Å². The van der Waals surface area contributed by atoms with Gasteiger partial charge in [0.25, 0.3) is 0 Å². The summed E-state index contributed by atoms with van der Waals surface area (Å²) in [5.41, 5.74) is 1.29. The minimum absolute atomic E-state index is 0.0889. The van der Waals surface area contributed by atoms with Gasteiger partial charge in [0.05, 0.1) is 18.5 Å². The van der Waals surface area contributed by atoms with Crippen molar-refractivity contribution in [1.82, 2.24) is 19.5 Å². The summed E-state index contributed by atoms with van der Waals surface area (Å²) in [6, 6.07) is 0.0889. The molecule has 0 saturated heterocycles. The minimum atomic E-state index is -0.389. The topological polar surface area (TPSA) is 63.8 Å². The predicted molar refractivity (Wildman–Crippen MR) is 89.6 cm³/mol. The zero-order chi connectivity index (χ0) is 14.5. The number of hydrogen-bond acceptors (Lipinski definition) is 5. The van der Waals surface area contributed by atoms with Gasteiger partial charge in [-0.25, -0.2) is 15.0 Å². The Hall–Kier alpha value is -0.820. The Morgan fingerprint density at radius 2 is 2.20 bits per heavy atom. The maximum absolute atomic E-state index is 9.45. The van der Waals surface area contributed by atoms with Crippen molar-refractivity contribution >= 4 is 52.9 Å². The summed E-state index contributed by atoms with van der Waals surface area (Å²) >= 11 is 7.94. The molecule has 20 heavy (non-hydrogen) atoms. The Morgan fingerprint density at radius 3 is 2.80 bits per heavy atom. The molecule has 8 heteroatoms. The molecule has 0 fully saturated rings. The fraction of sp³-hybridized carbons (Fsp3) is 0.250. The molecule has 2 aromatic heterocycles. The second-order valence-corrected chi connectivity index (χ2v) is 6.01.